The molecule has 0 aromatic carbocycles. The Labute approximate surface area is 202 Å². The van der Waals surface area contributed by atoms with E-state index in [0.717, 1.165) is 37.9 Å². The fourth-order valence-electron chi connectivity index (χ4n) is 6.57. The van der Waals surface area contributed by atoms with Crippen molar-refractivity contribution in [3.05, 3.63) is 36.0 Å². The normalized spacial score (nSPS) is 36.8. The van der Waals surface area contributed by atoms with Crippen molar-refractivity contribution < 1.29 is 28.9 Å². The van der Waals surface area contributed by atoms with Gasteiger partial charge in [0.25, 0.3) is 0 Å². The van der Waals surface area contributed by atoms with Crippen LogP contribution in [0.2, 0.25) is 0 Å². The van der Waals surface area contributed by atoms with Crippen molar-refractivity contribution in [3.63, 3.8) is 0 Å². The van der Waals surface area contributed by atoms with Crippen LogP contribution in [-0.2, 0) is 23.8 Å². The number of hydrogen-bond acceptors (Lipinski definition) is 7. The molecule has 3 fully saturated rings. The highest BCUT2D eigenvalue weighted by Gasteiger charge is 2.57. The van der Waals surface area contributed by atoms with Crippen LogP contribution >= 0.6 is 0 Å². The van der Waals surface area contributed by atoms with Gasteiger partial charge in [0, 0.05) is 31.0 Å². The molecule has 5 atom stereocenters. The molecule has 0 aromatic rings. The second-order valence-electron chi connectivity index (χ2n) is 10.8. The van der Waals surface area contributed by atoms with Crippen LogP contribution in [0.15, 0.2) is 36.0 Å². The Bertz CT molecular complexity index is 859. The van der Waals surface area contributed by atoms with E-state index in [1.54, 1.807) is 6.08 Å². The van der Waals surface area contributed by atoms with Crippen LogP contribution in [0.25, 0.3) is 0 Å². The number of morpholine rings is 1. The molecule has 0 radical (unpaired) electrons. The number of esters is 2. The number of rotatable bonds is 7. The van der Waals surface area contributed by atoms with Crippen molar-refractivity contribution in [3.8, 4) is 0 Å². The van der Waals surface area contributed by atoms with E-state index in [0.29, 0.717) is 44.8 Å². The molecule has 2 aliphatic carbocycles. The minimum atomic E-state index is -0.528. The summed E-state index contributed by atoms with van der Waals surface area (Å²) in [6.45, 7) is 13.0. The Hall–Kier alpha value is -1.96. The molecule has 0 spiro atoms. The molecular weight excluding hydrogens is 434 g/mol. The average Bonchev–Trinajstić information content (AvgIpc) is 3.24. The first-order valence-corrected chi connectivity index (χ1v) is 12.6. The summed E-state index contributed by atoms with van der Waals surface area (Å²) in [5.41, 5.74) is 1.08. The molecule has 7 nitrogen and oxygen atoms in total. The second-order valence-corrected chi connectivity index (χ2v) is 10.8. The lowest BCUT2D eigenvalue weighted by Gasteiger charge is -2.59. The zero-order valence-corrected chi connectivity index (χ0v) is 20.6. The van der Waals surface area contributed by atoms with Crippen molar-refractivity contribution >= 4 is 11.9 Å². The predicted octanol–water partition coefficient (Wildman–Crippen LogP) is 3.04. The van der Waals surface area contributed by atoms with E-state index < -0.39 is 11.5 Å². The van der Waals surface area contributed by atoms with Gasteiger partial charge < -0.3 is 19.3 Å². The van der Waals surface area contributed by atoms with Crippen LogP contribution in [0.4, 0.5) is 0 Å². The van der Waals surface area contributed by atoms with E-state index in [9.17, 15) is 14.7 Å². The van der Waals surface area contributed by atoms with Gasteiger partial charge in [-0.1, -0.05) is 38.2 Å². The zero-order valence-electron chi connectivity index (χ0n) is 20.6. The summed E-state index contributed by atoms with van der Waals surface area (Å²) < 4.78 is 16.2. The predicted molar refractivity (Wildman–Crippen MR) is 128 cm³/mol. The van der Waals surface area contributed by atoms with Gasteiger partial charge in [0.2, 0.25) is 0 Å². The Morgan fingerprint density at radius 3 is 2.79 bits per heavy atom. The van der Waals surface area contributed by atoms with E-state index in [2.05, 4.69) is 31.4 Å². The number of aliphatic hydroxyl groups is 1. The Balaban J connectivity index is 1.44. The molecule has 4 rings (SSSR count). The molecule has 2 saturated carbocycles. The molecule has 4 aliphatic rings. The third-order valence-electron chi connectivity index (χ3n) is 8.72. The minimum absolute atomic E-state index is 0.0874. The minimum Gasteiger partial charge on any atom is -0.465 e. The summed E-state index contributed by atoms with van der Waals surface area (Å²) in [6.07, 6.45) is 8.85. The van der Waals surface area contributed by atoms with Gasteiger partial charge in [-0.25, -0.2) is 4.79 Å². The van der Waals surface area contributed by atoms with Crippen molar-refractivity contribution in [2.75, 3.05) is 46.1 Å². The molecule has 1 saturated heterocycles. The fourth-order valence-corrected chi connectivity index (χ4v) is 6.57. The Morgan fingerprint density at radius 2 is 2.09 bits per heavy atom. The first-order valence-electron chi connectivity index (χ1n) is 12.6. The van der Waals surface area contributed by atoms with Crippen LogP contribution in [0.3, 0.4) is 0 Å². The third-order valence-corrected chi connectivity index (χ3v) is 8.72. The number of ether oxygens (including phenoxy) is 3. The highest BCUT2D eigenvalue weighted by Crippen LogP contribution is 2.61. The molecule has 7 heteroatoms. The monoisotopic (exact) mass is 473 g/mol. The molecular formula is C27H39NO6. The fraction of sp³-hybridized carbons (Fsp3) is 0.704. The SMILES string of the molecule is C=C1CC[C@@H]2[C@](C)(COC(=O)CCN3CCOCC3)[C@H](O)CC[C@@]2(C)[C@@H]1/C=C/C1=CCOC1=O. The topological polar surface area (TPSA) is 85.3 Å². The maximum atomic E-state index is 12.6. The van der Waals surface area contributed by atoms with Crippen molar-refractivity contribution in [1.82, 2.24) is 4.90 Å². The highest BCUT2D eigenvalue weighted by atomic mass is 16.5. The first-order chi connectivity index (χ1) is 16.2. The molecule has 2 aliphatic heterocycles. The van der Waals surface area contributed by atoms with Crippen LogP contribution in [0.1, 0.15) is 46.0 Å². The summed E-state index contributed by atoms with van der Waals surface area (Å²) in [4.78, 5) is 26.7. The second kappa shape index (κ2) is 10.3. The molecule has 188 valence electrons. The Kier molecular flexibility index (Phi) is 7.65. The number of carbonyl (C=O) groups excluding carboxylic acids is 2. The summed E-state index contributed by atoms with van der Waals surface area (Å²) in [5.74, 6) is -0.243. The van der Waals surface area contributed by atoms with Gasteiger partial charge in [0.05, 0.1) is 37.9 Å². The van der Waals surface area contributed by atoms with Gasteiger partial charge in [-0.2, -0.15) is 0 Å². The lowest BCUT2D eigenvalue weighted by atomic mass is 9.46. The number of aliphatic hydroxyl groups excluding tert-OH is 1. The van der Waals surface area contributed by atoms with E-state index in [1.807, 2.05) is 6.08 Å². The van der Waals surface area contributed by atoms with E-state index in [1.165, 1.54) is 0 Å². The van der Waals surface area contributed by atoms with Crippen molar-refractivity contribution in [2.45, 2.75) is 52.1 Å². The van der Waals surface area contributed by atoms with E-state index in [-0.39, 0.29) is 35.8 Å². The summed E-state index contributed by atoms with van der Waals surface area (Å²) >= 11 is 0. The van der Waals surface area contributed by atoms with Gasteiger partial charge in [0.1, 0.15) is 6.61 Å². The summed E-state index contributed by atoms with van der Waals surface area (Å²) in [6, 6.07) is 0. The third kappa shape index (κ3) is 5.02. The van der Waals surface area contributed by atoms with Gasteiger partial charge in [-0.3, -0.25) is 9.69 Å². The molecule has 0 unspecified atom stereocenters. The molecule has 0 bridgehead atoms. The quantitative estimate of drug-likeness (QED) is 0.449. The highest BCUT2D eigenvalue weighted by molar-refractivity contribution is 5.93. The zero-order chi connectivity index (χ0) is 24.3. The number of nitrogens with zero attached hydrogens (tertiary/aromatic N) is 1. The number of cyclic esters (lactones) is 1. The molecule has 2 heterocycles. The van der Waals surface area contributed by atoms with Crippen molar-refractivity contribution in [2.24, 2.45) is 22.7 Å². The van der Waals surface area contributed by atoms with Gasteiger partial charge >= 0.3 is 11.9 Å². The van der Waals surface area contributed by atoms with Crippen LogP contribution in [0, 0.1) is 22.7 Å². The molecule has 1 N–H and O–H groups in total. The van der Waals surface area contributed by atoms with Crippen LogP contribution < -0.4 is 0 Å². The number of allylic oxidation sites excluding steroid dienone is 2. The molecule has 0 amide bonds. The number of carbonyl (C=O) groups is 2. The average molecular weight is 474 g/mol. The Morgan fingerprint density at radius 1 is 1.32 bits per heavy atom. The van der Waals surface area contributed by atoms with E-state index >= 15 is 0 Å². The summed E-state index contributed by atoms with van der Waals surface area (Å²) in [7, 11) is 0. The van der Waals surface area contributed by atoms with E-state index in [4.69, 9.17) is 14.2 Å². The maximum absolute atomic E-state index is 12.6. The van der Waals surface area contributed by atoms with Gasteiger partial charge in [-0.05, 0) is 43.1 Å². The van der Waals surface area contributed by atoms with Crippen LogP contribution in [0.5, 0.6) is 0 Å². The largest absolute Gasteiger partial charge is 0.465 e. The maximum Gasteiger partial charge on any atom is 0.338 e. The lowest BCUT2D eigenvalue weighted by molar-refractivity contribution is -0.172. The van der Waals surface area contributed by atoms with Gasteiger partial charge in [-0.15, -0.1) is 0 Å². The van der Waals surface area contributed by atoms with Crippen molar-refractivity contribution in [1.29, 1.82) is 0 Å². The first kappa shape index (κ1) is 25.1. The number of fused-ring (bicyclic) bond motifs is 1. The standard InChI is InChI=1S/C27H39NO6/c1-19-4-7-22-26(2,21(19)6-5-20-10-15-33-25(20)31)11-8-23(29)27(22,3)18-34-24(30)9-12-28-13-16-32-17-14-28/h5-6,10,21-23,29H,1,4,7-9,11-18H2,2-3H3/b6-5+/t21-,22+,23-,26+,27+/m1/s1. The lowest BCUT2D eigenvalue weighted by Crippen LogP contribution is -2.57. The smallest absolute Gasteiger partial charge is 0.338 e. The summed E-state index contributed by atoms with van der Waals surface area (Å²) in [5, 5.41) is 11.1. The van der Waals surface area contributed by atoms with Gasteiger partial charge in [0.15, 0.2) is 0 Å². The molecule has 34 heavy (non-hydrogen) atoms. The number of hydrogen-bond donors (Lipinski definition) is 1. The van der Waals surface area contributed by atoms with Crippen LogP contribution in [-0.4, -0.2) is 74.1 Å². The molecule has 0 aromatic heterocycles.